The largest absolute Gasteiger partial charge is 0.294 e. The van der Waals surface area contributed by atoms with Crippen LogP contribution in [0.3, 0.4) is 0 Å². The van der Waals surface area contributed by atoms with E-state index in [1.54, 1.807) is 0 Å². The molecule has 0 heterocycles. The Balaban J connectivity index is 2.33. The van der Waals surface area contributed by atoms with Gasteiger partial charge in [-0.25, -0.2) is 4.39 Å². The lowest BCUT2D eigenvalue weighted by molar-refractivity contribution is 0.0918. The lowest BCUT2D eigenvalue weighted by Crippen LogP contribution is -2.13. The Morgan fingerprint density at radius 3 is 2.50 bits per heavy atom. The number of halogens is 3. The summed E-state index contributed by atoms with van der Waals surface area (Å²) in [5.74, 6) is -0.883. The standard InChI is InChI=1S/C12H11Cl2FO/c13-9-6-5-8(11(15)10(9)14)12(16)7-3-1-2-4-7/h5-7H,1-4H2. The molecule has 1 fully saturated rings. The highest BCUT2D eigenvalue weighted by Gasteiger charge is 2.27. The van der Waals surface area contributed by atoms with Crippen molar-refractivity contribution in [3.05, 3.63) is 33.6 Å². The Morgan fingerprint density at radius 1 is 1.25 bits per heavy atom. The van der Waals surface area contributed by atoms with Crippen molar-refractivity contribution in [3.8, 4) is 0 Å². The van der Waals surface area contributed by atoms with Crippen molar-refractivity contribution >= 4 is 29.0 Å². The van der Waals surface area contributed by atoms with Gasteiger partial charge in [-0.2, -0.15) is 0 Å². The van der Waals surface area contributed by atoms with Crippen molar-refractivity contribution in [1.82, 2.24) is 0 Å². The molecule has 0 aromatic heterocycles. The van der Waals surface area contributed by atoms with Crippen molar-refractivity contribution in [2.45, 2.75) is 25.7 Å². The Bertz CT molecular complexity index is 425. The van der Waals surface area contributed by atoms with E-state index in [-0.39, 0.29) is 27.3 Å². The highest BCUT2D eigenvalue weighted by molar-refractivity contribution is 6.42. The number of ketones is 1. The second-order valence-electron chi connectivity index (χ2n) is 4.07. The number of carbonyl (C=O) groups excluding carboxylic acids is 1. The molecule has 1 aliphatic rings. The first-order valence-corrected chi connectivity index (χ1v) is 6.04. The van der Waals surface area contributed by atoms with Crippen LogP contribution in [0.25, 0.3) is 0 Å². The van der Waals surface area contributed by atoms with Crippen molar-refractivity contribution in [2.24, 2.45) is 5.92 Å². The first kappa shape index (κ1) is 11.9. The number of hydrogen-bond donors (Lipinski definition) is 0. The fourth-order valence-electron chi connectivity index (χ4n) is 2.12. The summed E-state index contributed by atoms with van der Waals surface area (Å²) in [6, 6.07) is 2.89. The molecule has 1 aromatic rings. The molecule has 0 bridgehead atoms. The zero-order valence-electron chi connectivity index (χ0n) is 8.60. The van der Waals surface area contributed by atoms with Gasteiger partial charge in [-0.3, -0.25) is 4.79 Å². The van der Waals surface area contributed by atoms with Crippen molar-refractivity contribution in [3.63, 3.8) is 0 Å². The molecule has 0 atom stereocenters. The summed E-state index contributed by atoms with van der Waals surface area (Å²) in [6.07, 6.45) is 3.77. The molecule has 0 amide bonds. The van der Waals surface area contributed by atoms with Gasteiger partial charge in [0.15, 0.2) is 11.6 Å². The molecule has 4 heteroatoms. The molecular weight excluding hydrogens is 250 g/mol. The molecule has 0 aliphatic heterocycles. The minimum atomic E-state index is -0.689. The predicted octanol–water partition coefficient (Wildman–Crippen LogP) is 4.51. The monoisotopic (exact) mass is 260 g/mol. The number of hydrogen-bond acceptors (Lipinski definition) is 1. The Labute approximate surface area is 104 Å². The van der Waals surface area contributed by atoms with Gasteiger partial charge in [0.25, 0.3) is 0 Å². The average molecular weight is 261 g/mol. The number of Topliss-reactive ketones (excluding diaryl/α,β-unsaturated/α-hetero) is 1. The second-order valence-corrected chi connectivity index (χ2v) is 4.85. The quantitative estimate of drug-likeness (QED) is 0.565. The fraction of sp³-hybridized carbons (Fsp3) is 0.417. The van der Waals surface area contributed by atoms with Crippen LogP contribution in [0.15, 0.2) is 12.1 Å². The molecule has 16 heavy (non-hydrogen) atoms. The molecule has 2 rings (SSSR count). The molecule has 0 saturated heterocycles. The summed E-state index contributed by atoms with van der Waals surface area (Å²) < 4.78 is 13.7. The van der Waals surface area contributed by atoms with Gasteiger partial charge in [0.05, 0.1) is 15.6 Å². The van der Waals surface area contributed by atoms with Gasteiger partial charge in [0, 0.05) is 5.92 Å². The summed E-state index contributed by atoms with van der Waals surface area (Å²) in [7, 11) is 0. The average Bonchev–Trinajstić information content (AvgIpc) is 2.79. The Morgan fingerprint density at radius 2 is 1.88 bits per heavy atom. The van der Waals surface area contributed by atoms with Crippen LogP contribution < -0.4 is 0 Å². The van der Waals surface area contributed by atoms with Crippen LogP contribution in [-0.4, -0.2) is 5.78 Å². The van der Waals surface area contributed by atoms with Crippen LogP contribution >= 0.6 is 23.2 Å². The first-order valence-electron chi connectivity index (χ1n) is 5.29. The molecule has 86 valence electrons. The summed E-state index contributed by atoms with van der Waals surface area (Å²) in [5, 5.41) is -0.0207. The minimum Gasteiger partial charge on any atom is -0.294 e. The zero-order valence-corrected chi connectivity index (χ0v) is 10.1. The Hall–Kier alpha value is -0.600. The van der Waals surface area contributed by atoms with Gasteiger partial charge in [0.2, 0.25) is 0 Å². The minimum absolute atomic E-state index is 0.0493. The first-order chi connectivity index (χ1) is 7.61. The SMILES string of the molecule is O=C(c1ccc(Cl)c(Cl)c1F)C1CCCC1. The van der Waals surface area contributed by atoms with E-state index in [1.807, 2.05) is 0 Å². The van der Waals surface area contributed by atoms with E-state index >= 15 is 0 Å². The van der Waals surface area contributed by atoms with Crippen LogP contribution in [0.5, 0.6) is 0 Å². The van der Waals surface area contributed by atoms with Gasteiger partial charge in [-0.05, 0) is 25.0 Å². The van der Waals surface area contributed by atoms with E-state index in [0.29, 0.717) is 0 Å². The van der Waals surface area contributed by atoms with E-state index in [9.17, 15) is 9.18 Å². The molecule has 1 aliphatic carbocycles. The molecular formula is C12H11Cl2FO. The lowest BCUT2D eigenvalue weighted by Gasteiger charge is -2.09. The highest BCUT2D eigenvalue weighted by atomic mass is 35.5. The van der Waals surface area contributed by atoms with Gasteiger partial charge in [-0.1, -0.05) is 36.0 Å². The van der Waals surface area contributed by atoms with Crippen molar-refractivity contribution in [2.75, 3.05) is 0 Å². The molecule has 1 saturated carbocycles. The molecule has 0 unspecified atom stereocenters. The summed E-state index contributed by atoms with van der Waals surface area (Å²) in [5.41, 5.74) is 0.0706. The third kappa shape index (κ3) is 2.09. The van der Waals surface area contributed by atoms with E-state index in [2.05, 4.69) is 0 Å². The van der Waals surface area contributed by atoms with Crippen molar-refractivity contribution < 1.29 is 9.18 Å². The number of rotatable bonds is 2. The smallest absolute Gasteiger partial charge is 0.168 e. The van der Waals surface area contributed by atoms with Crippen LogP contribution in [-0.2, 0) is 0 Å². The maximum absolute atomic E-state index is 13.7. The molecule has 1 aromatic carbocycles. The topological polar surface area (TPSA) is 17.1 Å². The van der Waals surface area contributed by atoms with Crippen LogP contribution in [0.4, 0.5) is 4.39 Å². The van der Waals surface area contributed by atoms with Gasteiger partial charge >= 0.3 is 0 Å². The third-order valence-corrected chi connectivity index (χ3v) is 3.81. The predicted molar refractivity (Wildman–Crippen MR) is 62.7 cm³/mol. The molecule has 0 spiro atoms. The number of benzene rings is 1. The summed E-state index contributed by atoms with van der Waals surface area (Å²) in [6.45, 7) is 0. The zero-order chi connectivity index (χ0) is 11.7. The molecule has 0 radical (unpaired) electrons. The van der Waals surface area contributed by atoms with Crippen LogP contribution in [0.2, 0.25) is 10.0 Å². The summed E-state index contributed by atoms with van der Waals surface area (Å²) >= 11 is 11.3. The fourth-order valence-corrected chi connectivity index (χ4v) is 2.43. The van der Waals surface area contributed by atoms with Crippen LogP contribution in [0.1, 0.15) is 36.0 Å². The maximum Gasteiger partial charge on any atom is 0.168 e. The normalized spacial score (nSPS) is 16.7. The van der Waals surface area contributed by atoms with E-state index < -0.39 is 5.82 Å². The van der Waals surface area contributed by atoms with Gasteiger partial charge in [0.1, 0.15) is 0 Å². The second kappa shape index (κ2) is 4.72. The highest BCUT2D eigenvalue weighted by Crippen LogP contribution is 2.32. The molecule has 1 nitrogen and oxygen atoms in total. The Kier molecular flexibility index (Phi) is 3.50. The molecule has 0 N–H and O–H groups in total. The van der Waals surface area contributed by atoms with E-state index in [0.717, 1.165) is 25.7 Å². The van der Waals surface area contributed by atoms with Gasteiger partial charge < -0.3 is 0 Å². The third-order valence-electron chi connectivity index (χ3n) is 3.03. The maximum atomic E-state index is 13.7. The van der Waals surface area contributed by atoms with Crippen molar-refractivity contribution in [1.29, 1.82) is 0 Å². The van der Waals surface area contributed by atoms with Crippen LogP contribution in [0, 0.1) is 11.7 Å². The van der Waals surface area contributed by atoms with E-state index in [1.165, 1.54) is 12.1 Å². The van der Waals surface area contributed by atoms with Gasteiger partial charge in [-0.15, -0.1) is 0 Å². The number of carbonyl (C=O) groups is 1. The lowest BCUT2D eigenvalue weighted by atomic mass is 9.96. The summed E-state index contributed by atoms with van der Waals surface area (Å²) in [4.78, 5) is 12.0. The van der Waals surface area contributed by atoms with E-state index in [4.69, 9.17) is 23.2 Å².